The van der Waals surface area contributed by atoms with Crippen LogP contribution < -0.4 is 5.43 Å². The number of aromatic nitrogens is 2. The molecule has 3 N–H and O–H groups in total. The molecule has 0 radical (unpaired) electrons. The van der Waals surface area contributed by atoms with Crippen LogP contribution in [0.1, 0.15) is 42.6 Å². The van der Waals surface area contributed by atoms with Gasteiger partial charge in [0.15, 0.2) is 0 Å². The van der Waals surface area contributed by atoms with E-state index in [4.69, 9.17) is 0 Å². The number of nitrogens with one attached hydrogen (secondary N) is 2. The molecule has 0 unspecified atom stereocenters. The van der Waals surface area contributed by atoms with Crippen molar-refractivity contribution in [3.63, 3.8) is 0 Å². The van der Waals surface area contributed by atoms with Gasteiger partial charge in [0.05, 0.1) is 11.2 Å². The number of phenols is 1. The van der Waals surface area contributed by atoms with Gasteiger partial charge in [-0.1, -0.05) is 37.5 Å². The highest BCUT2D eigenvalue weighted by Crippen LogP contribution is 2.33. The van der Waals surface area contributed by atoms with Crippen molar-refractivity contribution in [2.75, 3.05) is 0 Å². The molecule has 4 aromatic rings. The normalized spacial score (nSPS) is 15.1. The average Bonchev–Trinajstić information content (AvgIpc) is 3.18. The van der Waals surface area contributed by atoms with Gasteiger partial charge >= 0.3 is 0 Å². The lowest BCUT2D eigenvalue weighted by atomic mass is 9.90. The predicted octanol–water partition coefficient (Wildman–Crippen LogP) is 5.38. The van der Waals surface area contributed by atoms with Crippen molar-refractivity contribution < 1.29 is 9.90 Å². The molecule has 2 aromatic heterocycles. The zero-order chi connectivity index (χ0) is 21.2. The molecule has 2 heterocycles. The molecule has 2 aromatic carbocycles. The lowest BCUT2D eigenvalue weighted by Gasteiger charge is -2.16. The van der Waals surface area contributed by atoms with Crippen LogP contribution in [0.3, 0.4) is 0 Å². The molecule has 0 spiro atoms. The summed E-state index contributed by atoms with van der Waals surface area (Å²) in [6.07, 6.45) is 7.85. The standard InChI is InChI=1S/C25H24N4O2/c30-18-12-10-17(11-13-18)23-24-20(19-8-4-5-9-21(19)27-24)14-22(28-23)25(31)29-26-15-16-6-2-1-3-7-16/h4-5,8-16,27,30H,1-3,6-7H2,(H,29,31)/b26-15+. The van der Waals surface area contributed by atoms with Crippen LogP contribution in [-0.4, -0.2) is 27.2 Å². The molecule has 0 saturated heterocycles. The zero-order valence-electron chi connectivity index (χ0n) is 17.1. The maximum atomic E-state index is 12.9. The fourth-order valence-corrected chi connectivity index (χ4v) is 4.33. The maximum Gasteiger partial charge on any atom is 0.289 e. The number of fused-ring (bicyclic) bond motifs is 3. The van der Waals surface area contributed by atoms with Gasteiger partial charge in [-0.25, -0.2) is 10.4 Å². The second-order valence-electron chi connectivity index (χ2n) is 8.11. The van der Waals surface area contributed by atoms with E-state index in [-0.39, 0.29) is 11.7 Å². The minimum absolute atomic E-state index is 0.183. The van der Waals surface area contributed by atoms with Gasteiger partial charge in [-0.3, -0.25) is 4.79 Å². The number of phenolic OH excluding ortho intramolecular Hbond substituents is 1. The first-order valence-corrected chi connectivity index (χ1v) is 10.7. The number of hydrazone groups is 1. The van der Waals surface area contributed by atoms with Crippen molar-refractivity contribution in [2.24, 2.45) is 11.0 Å². The number of amides is 1. The second-order valence-corrected chi connectivity index (χ2v) is 8.11. The van der Waals surface area contributed by atoms with Crippen LogP contribution in [0.4, 0.5) is 0 Å². The monoisotopic (exact) mass is 412 g/mol. The number of carbonyl (C=O) groups is 1. The number of carbonyl (C=O) groups excluding carboxylic acids is 1. The van der Waals surface area contributed by atoms with Crippen molar-refractivity contribution >= 4 is 33.9 Å². The summed E-state index contributed by atoms with van der Waals surface area (Å²) in [7, 11) is 0. The molecule has 1 fully saturated rings. The highest BCUT2D eigenvalue weighted by Gasteiger charge is 2.17. The van der Waals surface area contributed by atoms with E-state index in [0.717, 1.165) is 40.2 Å². The van der Waals surface area contributed by atoms with Crippen LogP contribution in [0.5, 0.6) is 5.75 Å². The van der Waals surface area contributed by atoms with Crippen molar-refractivity contribution in [3.8, 4) is 17.0 Å². The number of rotatable bonds is 4. The zero-order valence-corrected chi connectivity index (χ0v) is 17.1. The van der Waals surface area contributed by atoms with Crippen LogP contribution in [0.25, 0.3) is 33.1 Å². The summed E-state index contributed by atoms with van der Waals surface area (Å²) in [4.78, 5) is 21.0. The topological polar surface area (TPSA) is 90.4 Å². The fraction of sp³-hybridized carbons (Fsp3) is 0.240. The van der Waals surface area contributed by atoms with E-state index in [2.05, 4.69) is 20.5 Å². The van der Waals surface area contributed by atoms with Gasteiger partial charge in [-0.2, -0.15) is 5.10 Å². The SMILES string of the molecule is O=C(N/N=C/C1CCCCC1)c1cc2c([nH]c3ccccc32)c(-c2ccc(O)cc2)n1. The smallest absolute Gasteiger partial charge is 0.289 e. The van der Waals surface area contributed by atoms with Gasteiger partial charge in [0.2, 0.25) is 0 Å². The van der Waals surface area contributed by atoms with Crippen LogP contribution >= 0.6 is 0 Å². The van der Waals surface area contributed by atoms with Crippen LogP contribution in [0, 0.1) is 5.92 Å². The molecule has 6 heteroatoms. The summed E-state index contributed by atoms with van der Waals surface area (Å²) in [5.41, 5.74) is 6.27. The molecular weight excluding hydrogens is 388 g/mol. The number of nitrogens with zero attached hydrogens (tertiary/aromatic N) is 2. The van der Waals surface area contributed by atoms with E-state index in [1.165, 1.54) is 19.3 Å². The van der Waals surface area contributed by atoms with E-state index >= 15 is 0 Å². The van der Waals surface area contributed by atoms with Gasteiger partial charge in [0, 0.05) is 28.1 Å². The molecule has 0 aliphatic heterocycles. The van der Waals surface area contributed by atoms with Crippen molar-refractivity contribution in [1.29, 1.82) is 0 Å². The molecule has 1 aliphatic carbocycles. The average molecular weight is 412 g/mol. The number of pyridine rings is 1. The number of H-pyrrole nitrogens is 1. The van der Waals surface area contributed by atoms with Gasteiger partial charge in [0.25, 0.3) is 5.91 Å². The number of aromatic amines is 1. The molecule has 1 aliphatic rings. The number of hydrogen-bond donors (Lipinski definition) is 3. The third kappa shape index (κ3) is 3.89. The van der Waals surface area contributed by atoms with Crippen LogP contribution in [0.2, 0.25) is 0 Å². The second kappa shape index (κ2) is 8.22. The highest BCUT2D eigenvalue weighted by atomic mass is 16.3. The van der Waals surface area contributed by atoms with Gasteiger partial charge < -0.3 is 10.1 Å². The molecule has 0 atom stereocenters. The number of hydrogen-bond acceptors (Lipinski definition) is 4. The van der Waals surface area contributed by atoms with Gasteiger partial charge in [-0.15, -0.1) is 0 Å². The molecule has 156 valence electrons. The fourth-order valence-electron chi connectivity index (χ4n) is 4.33. The number of benzene rings is 2. The third-order valence-corrected chi connectivity index (χ3v) is 5.97. The number of aromatic hydroxyl groups is 1. The Bertz CT molecular complexity index is 1270. The minimum Gasteiger partial charge on any atom is -0.508 e. The Morgan fingerprint density at radius 1 is 1.06 bits per heavy atom. The molecule has 5 rings (SSSR count). The third-order valence-electron chi connectivity index (χ3n) is 5.97. The molecule has 6 nitrogen and oxygen atoms in total. The number of para-hydroxylation sites is 1. The highest BCUT2D eigenvalue weighted by molar-refractivity contribution is 6.13. The lowest BCUT2D eigenvalue weighted by molar-refractivity contribution is 0.0950. The molecule has 1 amide bonds. The Kier molecular flexibility index (Phi) is 5.12. The quantitative estimate of drug-likeness (QED) is 0.310. The largest absolute Gasteiger partial charge is 0.508 e. The van der Waals surface area contributed by atoms with E-state index < -0.39 is 0 Å². The molecule has 31 heavy (non-hydrogen) atoms. The maximum absolute atomic E-state index is 12.9. The summed E-state index contributed by atoms with van der Waals surface area (Å²) >= 11 is 0. The Morgan fingerprint density at radius 3 is 2.65 bits per heavy atom. The summed E-state index contributed by atoms with van der Waals surface area (Å²) < 4.78 is 0. The van der Waals surface area contributed by atoms with Crippen LogP contribution in [-0.2, 0) is 0 Å². The Morgan fingerprint density at radius 2 is 1.84 bits per heavy atom. The molecular formula is C25H24N4O2. The van der Waals surface area contributed by atoms with E-state index in [1.54, 1.807) is 24.3 Å². The lowest BCUT2D eigenvalue weighted by Crippen LogP contribution is -2.20. The summed E-state index contributed by atoms with van der Waals surface area (Å²) in [5, 5.41) is 15.8. The Balaban J connectivity index is 1.54. The first-order valence-electron chi connectivity index (χ1n) is 10.7. The Labute approximate surface area is 180 Å². The first kappa shape index (κ1) is 19.3. The predicted molar refractivity (Wildman–Crippen MR) is 123 cm³/mol. The van der Waals surface area contributed by atoms with Crippen molar-refractivity contribution in [2.45, 2.75) is 32.1 Å². The van der Waals surface area contributed by atoms with Crippen molar-refractivity contribution in [3.05, 3.63) is 60.3 Å². The summed E-state index contributed by atoms with van der Waals surface area (Å²) in [6, 6.07) is 16.6. The van der Waals surface area contributed by atoms with E-state index in [9.17, 15) is 9.90 Å². The van der Waals surface area contributed by atoms with E-state index in [0.29, 0.717) is 17.3 Å². The van der Waals surface area contributed by atoms with Crippen molar-refractivity contribution in [1.82, 2.24) is 15.4 Å². The van der Waals surface area contributed by atoms with Crippen LogP contribution in [0.15, 0.2) is 59.7 Å². The van der Waals surface area contributed by atoms with E-state index in [1.807, 2.05) is 36.5 Å². The summed E-state index contributed by atoms with van der Waals surface area (Å²) in [6.45, 7) is 0. The molecule has 0 bridgehead atoms. The Hall–Kier alpha value is -3.67. The van der Waals surface area contributed by atoms with Gasteiger partial charge in [0.1, 0.15) is 11.4 Å². The summed E-state index contributed by atoms with van der Waals surface area (Å²) in [5.74, 6) is 0.285. The first-order chi connectivity index (χ1) is 15.2. The molecule has 1 saturated carbocycles. The van der Waals surface area contributed by atoms with Gasteiger partial charge in [-0.05, 0) is 55.2 Å². The minimum atomic E-state index is -0.334.